The number of likely N-dealkylation sites (N-methyl/N-ethyl adjacent to an activating group) is 1. The Labute approximate surface area is 126 Å². The zero-order valence-corrected chi connectivity index (χ0v) is 13.6. The number of rotatable bonds is 8. The molecule has 6 heteroatoms. The van der Waals surface area contributed by atoms with Crippen LogP contribution in [-0.2, 0) is 11.3 Å². The minimum absolute atomic E-state index is 0.0702. The summed E-state index contributed by atoms with van der Waals surface area (Å²) in [5.41, 5.74) is 0.745. The molecule has 0 fully saturated rings. The molecule has 0 radical (unpaired) electrons. The van der Waals surface area contributed by atoms with Crippen molar-refractivity contribution in [2.75, 3.05) is 38.0 Å². The van der Waals surface area contributed by atoms with Crippen LogP contribution in [0.15, 0.2) is 17.1 Å². The lowest BCUT2D eigenvalue weighted by molar-refractivity contribution is 0.206. The maximum Gasteiger partial charge on any atom is 0.268 e. The van der Waals surface area contributed by atoms with Crippen LogP contribution in [0.2, 0.25) is 0 Å². The van der Waals surface area contributed by atoms with E-state index >= 15 is 0 Å². The largest absolute Gasteiger partial charge is 0.383 e. The van der Waals surface area contributed by atoms with Crippen molar-refractivity contribution >= 4 is 18.3 Å². The van der Waals surface area contributed by atoms with Crippen LogP contribution in [0, 0.1) is 11.8 Å². The number of aromatic nitrogens is 2. The summed E-state index contributed by atoms with van der Waals surface area (Å²) >= 11 is 4.35. The van der Waals surface area contributed by atoms with E-state index < -0.39 is 0 Å². The van der Waals surface area contributed by atoms with Crippen LogP contribution in [-0.4, -0.2) is 42.8 Å². The molecule has 1 unspecified atom stereocenters. The molecule has 5 nitrogen and oxygen atoms in total. The van der Waals surface area contributed by atoms with Crippen LogP contribution in [0.5, 0.6) is 0 Å². The Hall–Kier alpha value is -1.01. The highest BCUT2D eigenvalue weighted by Gasteiger charge is 2.14. The zero-order valence-electron chi connectivity index (χ0n) is 12.7. The van der Waals surface area contributed by atoms with Crippen LogP contribution in [0.1, 0.15) is 13.8 Å². The fourth-order valence-electron chi connectivity index (χ4n) is 1.83. The molecule has 0 amide bonds. The highest BCUT2D eigenvalue weighted by Crippen LogP contribution is 2.14. The molecule has 1 rings (SSSR count). The van der Waals surface area contributed by atoms with Gasteiger partial charge in [-0.2, -0.15) is 17.7 Å². The van der Waals surface area contributed by atoms with Gasteiger partial charge < -0.3 is 9.64 Å². The van der Waals surface area contributed by atoms with E-state index in [1.807, 2.05) is 11.9 Å². The van der Waals surface area contributed by atoms with Gasteiger partial charge in [0.25, 0.3) is 5.56 Å². The smallest absolute Gasteiger partial charge is 0.268 e. The van der Waals surface area contributed by atoms with Crippen LogP contribution in [0.25, 0.3) is 0 Å². The summed E-state index contributed by atoms with van der Waals surface area (Å²) in [7, 11) is 3.58. The van der Waals surface area contributed by atoms with E-state index in [1.165, 1.54) is 4.68 Å². The maximum atomic E-state index is 12.1. The number of hydrogen-bond donors (Lipinski definition) is 1. The first-order chi connectivity index (χ1) is 9.49. The third kappa shape index (κ3) is 4.83. The van der Waals surface area contributed by atoms with Gasteiger partial charge in [-0.05, 0) is 17.6 Å². The number of hydrogen-bond acceptors (Lipinski definition) is 5. The Balaban J connectivity index is 2.80. The fourth-order valence-corrected chi connectivity index (χ4v) is 2.37. The van der Waals surface area contributed by atoms with Crippen LogP contribution >= 0.6 is 12.6 Å². The SMILES string of the molecule is COCCN(C)c1cnn(CC(CS)C(C)C)c(=O)c1. The van der Waals surface area contributed by atoms with Crippen LogP contribution in [0.3, 0.4) is 0 Å². The molecular formula is C14H25N3O2S. The number of anilines is 1. The van der Waals surface area contributed by atoms with Gasteiger partial charge in [-0.1, -0.05) is 13.8 Å². The summed E-state index contributed by atoms with van der Waals surface area (Å²) in [5, 5.41) is 4.27. The monoisotopic (exact) mass is 299 g/mol. The van der Waals surface area contributed by atoms with Crippen molar-refractivity contribution in [3.63, 3.8) is 0 Å². The molecular weight excluding hydrogens is 274 g/mol. The van der Waals surface area contributed by atoms with Crippen molar-refractivity contribution in [3.8, 4) is 0 Å². The zero-order chi connectivity index (χ0) is 15.1. The summed E-state index contributed by atoms with van der Waals surface area (Å²) in [5.74, 6) is 1.58. The second-order valence-corrected chi connectivity index (χ2v) is 5.70. The topological polar surface area (TPSA) is 47.4 Å². The van der Waals surface area contributed by atoms with Crippen molar-refractivity contribution in [2.45, 2.75) is 20.4 Å². The van der Waals surface area contributed by atoms with E-state index in [1.54, 1.807) is 19.4 Å². The number of ether oxygens (including phenoxy) is 1. The number of nitrogens with zero attached hydrogens (tertiary/aromatic N) is 3. The summed E-state index contributed by atoms with van der Waals surface area (Å²) in [6.07, 6.45) is 1.73. The normalized spacial score (nSPS) is 12.7. The molecule has 0 spiro atoms. The second kappa shape index (κ2) is 8.32. The Kier molecular flexibility index (Phi) is 7.09. The Morgan fingerprint density at radius 3 is 2.70 bits per heavy atom. The van der Waals surface area contributed by atoms with Gasteiger partial charge in [0.15, 0.2) is 0 Å². The third-order valence-corrected chi connectivity index (χ3v) is 3.98. The molecule has 0 saturated heterocycles. The van der Waals surface area contributed by atoms with Gasteiger partial charge in [-0.3, -0.25) is 4.79 Å². The lowest BCUT2D eigenvalue weighted by Crippen LogP contribution is -2.30. The molecule has 0 saturated carbocycles. The van der Waals surface area contributed by atoms with Gasteiger partial charge in [0.2, 0.25) is 0 Å². The van der Waals surface area contributed by atoms with Gasteiger partial charge >= 0.3 is 0 Å². The number of methoxy groups -OCH3 is 1. The Morgan fingerprint density at radius 1 is 1.50 bits per heavy atom. The molecule has 0 aromatic carbocycles. The highest BCUT2D eigenvalue weighted by atomic mass is 32.1. The van der Waals surface area contributed by atoms with Gasteiger partial charge in [0, 0.05) is 33.3 Å². The lowest BCUT2D eigenvalue weighted by Gasteiger charge is -2.21. The first-order valence-electron chi connectivity index (χ1n) is 6.87. The van der Waals surface area contributed by atoms with Gasteiger partial charge in [-0.15, -0.1) is 0 Å². The average molecular weight is 299 g/mol. The molecule has 1 heterocycles. The number of thiol groups is 1. The predicted molar refractivity (Wildman–Crippen MR) is 85.8 cm³/mol. The summed E-state index contributed by atoms with van der Waals surface area (Å²) in [4.78, 5) is 14.1. The minimum atomic E-state index is -0.0702. The average Bonchev–Trinajstić information content (AvgIpc) is 2.42. The van der Waals surface area contributed by atoms with Crippen LogP contribution < -0.4 is 10.5 Å². The Morgan fingerprint density at radius 2 is 2.20 bits per heavy atom. The molecule has 20 heavy (non-hydrogen) atoms. The third-order valence-electron chi connectivity index (χ3n) is 3.51. The standard InChI is InChI=1S/C14H25N3O2S/c1-11(2)12(10-20)9-17-14(18)7-13(8-15-17)16(3)5-6-19-4/h7-8,11-12,20H,5-6,9-10H2,1-4H3. The summed E-state index contributed by atoms with van der Waals surface area (Å²) in [6.45, 7) is 6.24. The fraction of sp³-hybridized carbons (Fsp3) is 0.714. The first-order valence-corrected chi connectivity index (χ1v) is 7.51. The molecule has 0 aliphatic carbocycles. The van der Waals surface area contributed by atoms with E-state index in [2.05, 4.69) is 31.6 Å². The molecule has 114 valence electrons. The predicted octanol–water partition coefficient (Wildman–Crippen LogP) is 1.53. The van der Waals surface area contributed by atoms with E-state index in [-0.39, 0.29) is 5.56 Å². The molecule has 0 bridgehead atoms. The molecule has 1 aromatic heterocycles. The molecule has 1 atom stereocenters. The van der Waals surface area contributed by atoms with E-state index in [0.29, 0.717) is 25.0 Å². The Bertz CT molecular complexity index is 462. The van der Waals surface area contributed by atoms with Crippen molar-refractivity contribution in [1.82, 2.24) is 9.78 Å². The van der Waals surface area contributed by atoms with Crippen LogP contribution in [0.4, 0.5) is 5.69 Å². The summed E-state index contributed by atoms with van der Waals surface area (Å²) in [6, 6.07) is 1.62. The van der Waals surface area contributed by atoms with Gasteiger partial charge in [-0.25, -0.2) is 4.68 Å². The first kappa shape index (κ1) is 17.0. The van der Waals surface area contributed by atoms with Crippen molar-refractivity contribution in [2.24, 2.45) is 11.8 Å². The minimum Gasteiger partial charge on any atom is -0.383 e. The molecule has 0 aliphatic heterocycles. The summed E-state index contributed by atoms with van der Waals surface area (Å²) < 4.78 is 6.55. The van der Waals surface area contributed by atoms with E-state index in [0.717, 1.165) is 18.0 Å². The highest BCUT2D eigenvalue weighted by molar-refractivity contribution is 7.80. The molecule has 0 aliphatic rings. The quantitative estimate of drug-likeness (QED) is 0.740. The second-order valence-electron chi connectivity index (χ2n) is 5.34. The lowest BCUT2D eigenvalue weighted by atomic mass is 9.98. The van der Waals surface area contributed by atoms with Gasteiger partial charge in [0.1, 0.15) is 0 Å². The van der Waals surface area contributed by atoms with Crippen molar-refractivity contribution in [1.29, 1.82) is 0 Å². The molecule has 0 N–H and O–H groups in total. The van der Waals surface area contributed by atoms with Crippen molar-refractivity contribution in [3.05, 3.63) is 22.6 Å². The van der Waals surface area contributed by atoms with E-state index in [9.17, 15) is 4.79 Å². The van der Waals surface area contributed by atoms with Crippen molar-refractivity contribution < 1.29 is 4.74 Å². The van der Waals surface area contributed by atoms with Gasteiger partial charge in [0.05, 0.1) is 18.5 Å². The van der Waals surface area contributed by atoms with E-state index in [4.69, 9.17) is 4.74 Å². The molecule has 1 aromatic rings. The maximum absolute atomic E-state index is 12.1.